The lowest BCUT2D eigenvalue weighted by atomic mass is 10.2. The Hall–Kier alpha value is 0.0700. The summed E-state index contributed by atoms with van der Waals surface area (Å²) in [5, 5.41) is 11.8. The predicted octanol–water partition coefficient (Wildman–Crippen LogP) is 0.752. The van der Waals surface area contributed by atoms with E-state index in [1.807, 2.05) is 7.05 Å². The Kier molecular flexibility index (Phi) is 8.43. The summed E-state index contributed by atoms with van der Waals surface area (Å²) >= 11 is 0. The highest BCUT2D eigenvalue weighted by Gasteiger charge is 2.10. The van der Waals surface area contributed by atoms with Crippen LogP contribution >= 0.6 is 0 Å². The van der Waals surface area contributed by atoms with E-state index in [9.17, 15) is 4.21 Å². The highest BCUT2D eigenvalue weighted by Crippen LogP contribution is 2.02. The minimum Gasteiger partial charge on any atom is -0.396 e. The maximum Gasteiger partial charge on any atom is 0.0446 e. The number of hydrogen-bond acceptors (Lipinski definition) is 3. The van der Waals surface area contributed by atoms with Gasteiger partial charge in [0, 0.05) is 35.0 Å². The fourth-order valence-corrected chi connectivity index (χ4v) is 2.82. The molecule has 0 heterocycles. The van der Waals surface area contributed by atoms with Crippen LogP contribution in [0.5, 0.6) is 0 Å². The van der Waals surface area contributed by atoms with Crippen LogP contribution in [0.4, 0.5) is 0 Å². The maximum absolute atomic E-state index is 11.6. The van der Waals surface area contributed by atoms with Crippen molar-refractivity contribution < 1.29 is 9.32 Å². The molecule has 14 heavy (non-hydrogen) atoms. The number of nitrogens with one attached hydrogen (secondary N) is 1. The predicted molar refractivity (Wildman–Crippen MR) is 61.9 cm³/mol. The quantitative estimate of drug-likeness (QED) is 0.636. The zero-order valence-electron chi connectivity index (χ0n) is 9.45. The van der Waals surface area contributed by atoms with E-state index >= 15 is 0 Å². The van der Waals surface area contributed by atoms with Gasteiger partial charge in [0.15, 0.2) is 0 Å². The van der Waals surface area contributed by atoms with E-state index in [-0.39, 0.29) is 12.6 Å². The third kappa shape index (κ3) is 7.47. The summed E-state index contributed by atoms with van der Waals surface area (Å²) < 4.78 is 11.6. The minimum absolute atomic E-state index is 0.160. The van der Waals surface area contributed by atoms with Crippen LogP contribution in [0.2, 0.25) is 0 Å². The van der Waals surface area contributed by atoms with Crippen LogP contribution in [0.25, 0.3) is 0 Å². The Morgan fingerprint density at radius 2 is 2.00 bits per heavy atom. The van der Waals surface area contributed by atoms with E-state index in [2.05, 4.69) is 19.2 Å². The van der Waals surface area contributed by atoms with E-state index < -0.39 is 10.8 Å². The van der Waals surface area contributed by atoms with Gasteiger partial charge in [0.1, 0.15) is 0 Å². The van der Waals surface area contributed by atoms with Crippen molar-refractivity contribution in [3.63, 3.8) is 0 Å². The van der Waals surface area contributed by atoms with Crippen LogP contribution in [0.15, 0.2) is 0 Å². The molecule has 0 aromatic rings. The van der Waals surface area contributed by atoms with Gasteiger partial charge in [-0.2, -0.15) is 0 Å². The molecular formula is C10H23NO2S. The van der Waals surface area contributed by atoms with Crippen LogP contribution < -0.4 is 5.32 Å². The topological polar surface area (TPSA) is 49.3 Å². The van der Waals surface area contributed by atoms with E-state index in [4.69, 9.17) is 5.11 Å². The molecular weight excluding hydrogens is 198 g/mol. The van der Waals surface area contributed by atoms with Crippen LogP contribution in [-0.2, 0) is 10.8 Å². The standard InChI is InChI=1S/C10H23NO2S/c1-9(2)5-7-14(13)8-10(11-3)4-6-12/h9-12H,4-8H2,1-3H3. The molecule has 0 saturated carbocycles. The second-order valence-electron chi connectivity index (χ2n) is 3.99. The highest BCUT2D eigenvalue weighted by atomic mass is 32.2. The third-order valence-corrected chi connectivity index (χ3v) is 3.66. The van der Waals surface area contributed by atoms with Crippen LogP contribution in [-0.4, -0.2) is 40.5 Å². The Morgan fingerprint density at radius 1 is 1.36 bits per heavy atom. The molecule has 0 aliphatic heterocycles. The Labute approximate surface area is 89.7 Å². The molecule has 0 saturated heterocycles. The summed E-state index contributed by atoms with van der Waals surface area (Å²) in [6, 6.07) is 0.188. The summed E-state index contributed by atoms with van der Waals surface area (Å²) in [5.74, 6) is 2.05. The lowest BCUT2D eigenvalue weighted by molar-refractivity contribution is 0.272. The Morgan fingerprint density at radius 3 is 2.43 bits per heavy atom. The van der Waals surface area contributed by atoms with Crippen molar-refractivity contribution in [2.75, 3.05) is 25.2 Å². The van der Waals surface area contributed by atoms with Crippen molar-refractivity contribution in [2.24, 2.45) is 5.92 Å². The van der Waals surface area contributed by atoms with Gasteiger partial charge in [0.05, 0.1) is 0 Å². The largest absolute Gasteiger partial charge is 0.396 e. The van der Waals surface area contributed by atoms with Crippen molar-refractivity contribution in [3.8, 4) is 0 Å². The third-order valence-electron chi connectivity index (χ3n) is 2.20. The number of aliphatic hydroxyl groups is 1. The smallest absolute Gasteiger partial charge is 0.0446 e. The average molecular weight is 221 g/mol. The number of hydrogen-bond donors (Lipinski definition) is 2. The second-order valence-corrected chi connectivity index (χ2v) is 5.61. The fraction of sp³-hybridized carbons (Fsp3) is 1.00. The SMILES string of the molecule is CNC(CCO)CS(=O)CCC(C)C. The monoisotopic (exact) mass is 221 g/mol. The first kappa shape index (κ1) is 14.1. The van der Waals surface area contributed by atoms with E-state index in [1.165, 1.54) is 0 Å². The Balaban J connectivity index is 3.67. The summed E-state index contributed by atoms with van der Waals surface area (Å²) in [6.07, 6.45) is 1.70. The molecule has 0 aromatic heterocycles. The van der Waals surface area contributed by atoms with Crippen LogP contribution in [0.1, 0.15) is 26.7 Å². The van der Waals surface area contributed by atoms with Crippen molar-refractivity contribution in [1.29, 1.82) is 0 Å². The van der Waals surface area contributed by atoms with E-state index in [1.54, 1.807) is 0 Å². The first-order chi connectivity index (χ1) is 6.60. The minimum atomic E-state index is -0.746. The molecule has 0 amide bonds. The average Bonchev–Trinajstić information content (AvgIpc) is 2.14. The first-order valence-corrected chi connectivity index (χ1v) is 6.72. The van der Waals surface area contributed by atoms with Gasteiger partial charge in [-0.3, -0.25) is 4.21 Å². The lowest BCUT2D eigenvalue weighted by Gasteiger charge is -2.14. The summed E-state index contributed by atoms with van der Waals surface area (Å²) in [5.41, 5.74) is 0. The molecule has 86 valence electrons. The molecule has 0 fully saturated rings. The molecule has 0 radical (unpaired) electrons. The van der Waals surface area contributed by atoms with E-state index in [0.29, 0.717) is 18.1 Å². The molecule has 0 aromatic carbocycles. The van der Waals surface area contributed by atoms with Gasteiger partial charge >= 0.3 is 0 Å². The van der Waals surface area contributed by atoms with Crippen molar-refractivity contribution in [1.82, 2.24) is 5.32 Å². The molecule has 0 aliphatic rings. The van der Waals surface area contributed by atoms with Gasteiger partial charge in [0.25, 0.3) is 0 Å². The van der Waals surface area contributed by atoms with Gasteiger partial charge in [-0.05, 0) is 25.8 Å². The van der Waals surface area contributed by atoms with Crippen molar-refractivity contribution >= 4 is 10.8 Å². The first-order valence-electron chi connectivity index (χ1n) is 5.23. The normalized spacial score (nSPS) is 15.8. The highest BCUT2D eigenvalue weighted by molar-refractivity contribution is 7.85. The zero-order chi connectivity index (χ0) is 11.0. The van der Waals surface area contributed by atoms with Crippen LogP contribution in [0, 0.1) is 5.92 Å². The maximum atomic E-state index is 11.6. The molecule has 0 rings (SSSR count). The van der Waals surface area contributed by atoms with Gasteiger partial charge in [-0.15, -0.1) is 0 Å². The summed E-state index contributed by atoms with van der Waals surface area (Å²) in [4.78, 5) is 0. The second kappa shape index (κ2) is 8.38. The molecule has 0 spiro atoms. The van der Waals surface area contributed by atoms with Gasteiger partial charge in [-0.25, -0.2) is 0 Å². The lowest BCUT2D eigenvalue weighted by Crippen LogP contribution is -2.32. The van der Waals surface area contributed by atoms with Gasteiger partial charge < -0.3 is 10.4 Å². The van der Waals surface area contributed by atoms with Crippen LogP contribution in [0.3, 0.4) is 0 Å². The number of aliphatic hydroxyl groups excluding tert-OH is 1. The molecule has 4 heteroatoms. The molecule has 2 atom stereocenters. The van der Waals surface area contributed by atoms with Crippen molar-refractivity contribution in [3.05, 3.63) is 0 Å². The van der Waals surface area contributed by atoms with E-state index in [0.717, 1.165) is 12.2 Å². The molecule has 0 bridgehead atoms. The zero-order valence-corrected chi connectivity index (χ0v) is 10.3. The summed E-state index contributed by atoms with van der Waals surface area (Å²) in [6.45, 7) is 4.44. The number of rotatable bonds is 8. The molecule has 3 nitrogen and oxygen atoms in total. The van der Waals surface area contributed by atoms with Gasteiger partial charge in [0.2, 0.25) is 0 Å². The Bertz CT molecular complexity index is 162. The molecule has 0 aliphatic carbocycles. The molecule has 2 N–H and O–H groups in total. The van der Waals surface area contributed by atoms with Gasteiger partial charge in [-0.1, -0.05) is 13.8 Å². The molecule has 2 unspecified atom stereocenters. The fourth-order valence-electron chi connectivity index (χ4n) is 1.14. The van der Waals surface area contributed by atoms with Crippen molar-refractivity contribution in [2.45, 2.75) is 32.7 Å². The summed E-state index contributed by atoms with van der Waals surface area (Å²) in [7, 11) is 1.10.